The van der Waals surface area contributed by atoms with Gasteiger partial charge in [-0.1, -0.05) is 47.7 Å². The number of hydrogen-bond donors (Lipinski definition) is 1. The fraction of sp³-hybridized carbons (Fsp3) is 0. The fourth-order valence-corrected chi connectivity index (χ4v) is 4.42. The molecule has 0 saturated carbocycles. The highest BCUT2D eigenvalue weighted by Crippen LogP contribution is 2.28. The van der Waals surface area contributed by atoms with E-state index in [1.165, 1.54) is 0 Å². The second-order valence-corrected chi connectivity index (χ2v) is 8.03. The van der Waals surface area contributed by atoms with Gasteiger partial charge in [-0.25, -0.2) is 9.67 Å². The van der Waals surface area contributed by atoms with Crippen molar-refractivity contribution in [2.24, 2.45) is 5.10 Å². The summed E-state index contributed by atoms with van der Waals surface area (Å²) in [5.74, 6) is 0. The molecule has 136 valence electrons. The van der Waals surface area contributed by atoms with E-state index in [1.54, 1.807) is 28.9 Å². The van der Waals surface area contributed by atoms with Crippen LogP contribution in [0.1, 0.15) is 5.56 Å². The third-order valence-electron chi connectivity index (χ3n) is 4.18. The molecule has 0 aliphatic carbocycles. The Hall–Kier alpha value is -3.29. The minimum atomic E-state index is 0.769. The van der Waals surface area contributed by atoms with Gasteiger partial charge in [0.2, 0.25) is 5.13 Å². The summed E-state index contributed by atoms with van der Waals surface area (Å²) in [5.41, 5.74) is 6.89. The van der Waals surface area contributed by atoms with Gasteiger partial charge in [-0.05, 0) is 35.7 Å². The molecule has 28 heavy (non-hydrogen) atoms. The summed E-state index contributed by atoms with van der Waals surface area (Å²) in [6, 6.07) is 22.2. The maximum absolute atomic E-state index is 4.78. The predicted octanol–water partition coefficient (Wildman–Crippen LogP) is 5.66. The predicted molar refractivity (Wildman–Crippen MR) is 118 cm³/mol. The number of fused-ring (bicyclic) bond motifs is 1. The number of rotatable bonds is 5. The molecule has 0 spiro atoms. The first-order valence-electron chi connectivity index (χ1n) is 8.70. The number of nitrogens with one attached hydrogen (secondary N) is 1. The summed E-state index contributed by atoms with van der Waals surface area (Å²) in [6.07, 6.45) is 3.79. The van der Waals surface area contributed by atoms with Crippen molar-refractivity contribution in [1.82, 2.24) is 14.8 Å². The van der Waals surface area contributed by atoms with Crippen LogP contribution >= 0.6 is 22.7 Å². The number of aromatic nitrogens is 3. The van der Waals surface area contributed by atoms with Gasteiger partial charge >= 0.3 is 0 Å². The topological polar surface area (TPSA) is 55.1 Å². The number of benzene rings is 2. The van der Waals surface area contributed by atoms with Crippen LogP contribution in [0.2, 0.25) is 0 Å². The van der Waals surface area contributed by atoms with E-state index in [4.69, 9.17) is 5.10 Å². The third-order valence-corrected chi connectivity index (χ3v) is 5.99. The van der Waals surface area contributed by atoms with Crippen LogP contribution in [0.15, 0.2) is 83.4 Å². The Balaban J connectivity index is 1.46. The van der Waals surface area contributed by atoms with Crippen LogP contribution in [0.4, 0.5) is 5.13 Å². The second kappa shape index (κ2) is 7.38. The molecule has 0 bridgehead atoms. The number of thiophene rings is 1. The molecule has 3 heterocycles. The molecule has 2 aromatic carbocycles. The first kappa shape index (κ1) is 16.9. The Morgan fingerprint density at radius 1 is 0.964 bits per heavy atom. The van der Waals surface area contributed by atoms with Gasteiger partial charge < -0.3 is 0 Å². The standard InChI is InChI=1S/C21H15N5S2/c1-2-7-16(8-3-1)26-14-15(20(25-26)19-11-6-12-27-19)13-22-24-21-23-17-9-4-5-10-18(17)28-21/h1-14H,(H,23,24)/b22-13+. The zero-order valence-corrected chi connectivity index (χ0v) is 16.3. The molecule has 0 fully saturated rings. The van der Waals surface area contributed by atoms with Crippen LogP contribution < -0.4 is 5.43 Å². The van der Waals surface area contributed by atoms with E-state index in [0.717, 1.165) is 37.2 Å². The molecule has 0 amide bonds. The van der Waals surface area contributed by atoms with E-state index >= 15 is 0 Å². The van der Waals surface area contributed by atoms with Crippen LogP contribution in [0.25, 0.3) is 26.5 Å². The maximum Gasteiger partial charge on any atom is 0.204 e. The Labute approximate surface area is 169 Å². The highest BCUT2D eigenvalue weighted by Gasteiger charge is 2.12. The van der Waals surface area contributed by atoms with Crippen molar-refractivity contribution >= 4 is 44.2 Å². The molecule has 1 N–H and O–H groups in total. The molecule has 3 aromatic heterocycles. The molecule has 5 rings (SSSR count). The number of anilines is 1. The molecular weight excluding hydrogens is 386 g/mol. The van der Waals surface area contributed by atoms with Gasteiger partial charge in [-0.2, -0.15) is 10.2 Å². The van der Waals surface area contributed by atoms with Crippen molar-refractivity contribution in [2.75, 3.05) is 5.43 Å². The zero-order chi connectivity index (χ0) is 18.8. The lowest BCUT2D eigenvalue weighted by Gasteiger charge is -1.98. The molecule has 0 saturated heterocycles. The van der Waals surface area contributed by atoms with E-state index in [-0.39, 0.29) is 0 Å². The van der Waals surface area contributed by atoms with Crippen LogP contribution in [-0.2, 0) is 0 Å². The second-order valence-electron chi connectivity index (χ2n) is 6.05. The number of hydrazone groups is 1. The van der Waals surface area contributed by atoms with E-state index in [0.29, 0.717) is 0 Å². The first-order chi connectivity index (χ1) is 13.9. The first-order valence-corrected chi connectivity index (χ1v) is 10.4. The van der Waals surface area contributed by atoms with E-state index in [1.807, 2.05) is 65.5 Å². The molecule has 5 nitrogen and oxygen atoms in total. The molecule has 0 unspecified atom stereocenters. The minimum absolute atomic E-state index is 0.769. The molecular formula is C21H15N5S2. The summed E-state index contributed by atoms with van der Waals surface area (Å²) in [4.78, 5) is 5.65. The average Bonchev–Trinajstić information content (AvgIpc) is 3.47. The van der Waals surface area contributed by atoms with Crippen molar-refractivity contribution < 1.29 is 0 Å². The quantitative estimate of drug-likeness (QED) is 0.305. The van der Waals surface area contributed by atoms with Gasteiger partial charge in [0.1, 0.15) is 5.69 Å². The summed E-state index contributed by atoms with van der Waals surface area (Å²) in [5, 5.41) is 12.0. The van der Waals surface area contributed by atoms with Crippen molar-refractivity contribution in [3.8, 4) is 16.3 Å². The Morgan fingerprint density at radius 2 is 1.82 bits per heavy atom. The van der Waals surface area contributed by atoms with Crippen LogP contribution in [-0.4, -0.2) is 21.0 Å². The van der Waals surface area contributed by atoms with Crippen LogP contribution in [0.5, 0.6) is 0 Å². The third kappa shape index (κ3) is 3.33. The summed E-state index contributed by atoms with van der Waals surface area (Å²) < 4.78 is 3.02. The number of nitrogens with zero attached hydrogens (tertiary/aromatic N) is 4. The number of para-hydroxylation sites is 2. The largest absolute Gasteiger partial charge is 0.253 e. The van der Waals surface area contributed by atoms with Crippen molar-refractivity contribution in [3.05, 3.63) is 83.9 Å². The lowest BCUT2D eigenvalue weighted by atomic mass is 10.2. The molecule has 7 heteroatoms. The van der Waals surface area contributed by atoms with E-state index in [9.17, 15) is 0 Å². The summed E-state index contributed by atoms with van der Waals surface area (Å²) in [7, 11) is 0. The number of thiazole rings is 1. The monoisotopic (exact) mass is 401 g/mol. The van der Waals surface area contributed by atoms with Gasteiger partial charge in [0.15, 0.2) is 0 Å². The Bertz CT molecular complexity index is 1200. The average molecular weight is 402 g/mol. The molecule has 0 atom stereocenters. The van der Waals surface area contributed by atoms with E-state index in [2.05, 4.69) is 33.0 Å². The summed E-state index contributed by atoms with van der Waals surface area (Å²) >= 11 is 3.25. The summed E-state index contributed by atoms with van der Waals surface area (Å²) in [6.45, 7) is 0. The van der Waals surface area contributed by atoms with Gasteiger partial charge in [0, 0.05) is 11.8 Å². The van der Waals surface area contributed by atoms with Crippen molar-refractivity contribution in [2.45, 2.75) is 0 Å². The lowest BCUT2D eigenvalue weighted by Crippen LogP contribution is -1.93. The highest BCUT2D eigenvalue weighted by molar-refractivity contribution is 7.22. The molecule has 0 aliphatic rings. The zero-order valence-electron chi connectivity index (χ0n) is 14.7. The smallest absolute Gasteiger partial charge is 0.204 e. The lowest BCUT2D eigenvalue weighted by molar-refractivity contribution is 0.885. The number of hydrogen-bond acceptors (Lipinski definition) is 6. The van der Waals surface area contributed by atoms with Crippen LogP contribution in [0, 0.1) is 0 Å². The van der Waals surface area contributed by atoms with Gasteiger partial charge in [-0.3, -0.25) is 5.43 Å². The normalized spacial score (nSPS) is 11.4. The SMILES string of the molecule is C(=N\Nc1nc2ccccc2s1)/c1cn(-c2ccccc2)nc1-c1cccs1. The minimum Gasteiger partial charge on any atom is -0.253 e. The highest BCUT2D eigenvalue weighted by atomic mass is 32.1. The van der Waals surface area contributed by atoms with Crippen molar-refractivity contribution in [3.63, 3.8) is 0 Å². The van der Waals surface area contributed by atoms with Crippen molar-refractivity contribution in [1.29, 1.82) is 0 Å². The fourth-order valence-electron chi connectivity index (χ4n) is 2.88. The van der Waals surface area contributed by atoms with Gasteiger partial charge in [0.25, 0.3) is 0 Å². The van der Waals surface area contributed by atoms with E-state index < -0.39 is 0 Å². The van der Waals surface area contributed by atoms with Gasteiger partial charge in [0.05, 0.1) is 27.0 Å². The Kier molecular flexibility index (Phi) is 4.44. The molecule has 5 aromatic rings. The van der Waals surface area contributed by atoms with Gasteiger partial charge in [-0.15, -0.1) is 11.3 Å². The van der Waals surface area contributed by atoms with Crippen LogP contribution in [0.3, 0.4) is 0 Å². The molecule has 0 aliphatic heterocycles. The molecule has 0 radical (unpaired) electrons. The Morgan fingerprint density at radius 3 is 2.64 bits per heavy atom. The maximum atomic E-state index is 4.78.